The Labute approximate surface area is 196 Å². The van der Waals surface area contributed by atoms with E-state index in [0.29, 0.717) is 22.9 Å². The number of thiazole rings is 1. The van der Waals surface area contributed by atoms with Crippen LogP contribution in [0, 0.1) is 0 Å². The lowest BCUT2D eigenvalue weighted by molar-refractivity contribution is 0.0944. The maximum Gasteiger partial charge on any atom is 0.325 e. The van der Waals surface area contributed by atoms with Gasteiger partial charge in [0.1, 0.15) is 11.6 Å². The summed E-state index contributed by atoms with van der Waals surface area (Å²) < 4.78 is 5.30. The largest absolute Gasteiger partial charge is 0.497 e. The van der Waals surface area contributed by atoms with Crippen molar-refractivity contribution in [2.45, 2.75) is 32.9 Å². The van der Waals surface area contributed by atoms with Gasteiger partial charge in [-0.1, -0.05) is 23.5 Å². The number of amides is 3. The van der Waals surface area contributed by atoms with Crippen molar-refractivity contribution in [2.24, 2.45) is 0 Å². The number of aromatic nitrogens is 2. The molecule has 1 aromatic carbocycles. The molecule has 33 heavy (non-hydrogen) atoms. The summed E-state index contributed by atoms with van der Waals surface area (Å²) in [6.07, 6.45) is 2.49. The van der Waals surface area contributed by atoms with Gasteiger partial charge in [0, 0.05) is 36.1 Å². The fourth-order valence-electron chi connectivity index (χ4n) is 3.52. The number of para-hydroxylation sites is 1. The Balaban J connectivity index is 1.42. The molecule has 0 fully saturated rings. The van der Waals surface area contributed by atoms with Crippen molar-refractivity contribution in [3.8, 4) is 5.75 Å². The summed E-state index contributed by atoms with van der Waals surface area (Å²) in [5.74, 6) is 1.37. The second-order valence-electron chi connectivity index (χ2n) is 7.87. The van der Waals surface area contributed by atoms with Crippen LogP contribution in [0.25, 0.3) is 0 Å². The molecule has 3 aromatic rings. The summed E-state index contributed by atoms with van der Waals surface area (Å²) >= 11 is 1.44. The van der Waals surface area contributed by atoms with Crippen LogP contribution in [0.15, 0.2) is 42.6 Å². The number of urea groups is 1. The Morgan fingerprint density at radius 1 is 1.18 bits per heavy atom. The minimum atomic E-state index is -0.447. The van der Waals surface area contributed by atoms with Gasteiger partial charge in [0.25, 0.3) is 5.91 Å². The average molecular weight is 467 g/mol. The maximum atomic E-state index is 12.6. The molecule has 0 spiro atoms. The van der Waals surface area contributed by atoms with Crippen LogP contribution in [0.4, 0.5) is 21.4 Å². The predicted octanol–water partition coefficient (Wildman–Crippen LogP) is 3.89. The van der Waals surface area contributed by atoms with Gasteiger partial charge in [0.15, 0.2) is 5.13 Å². The van der Waals surface area contributed by atoms with Crippen LogP contribution in [0.2, 0.25) is 0 Å². The number of nitrogens with one attached hydrogen (secondary N) is 3. The number of benzene rings is 1. The molecule has 9 nitrogen and oxygen atoms in total. The highest BCUT2D eigenvalue weighted by Crippen LogP contribution is 2.31. The van der Waals surface area contributed by atoms with Crippen molar-refractivity contribution < 1.29 is 14.3 Å². The number of anilines is 3. The van der Waals surface area contributed by atoms with Gasteiger partial charge in [-0.15, -0.1) is 0 Å². The molecule has 0 saturated carbocycles. The molecule has 10 heteroatoms. The van der Waals surface area contributed by atoms with E-state index >= 15 is 0 Å². The highest BCUT2D eigenvalue weighted by atomic mass is 32.1. The first-order valence-corrected chi connectivity index (χ1v) is 11.5. The third-order valence-corrected chi connectivity index (χ3v) is 6.07. The molecule has 3 amide bonds. The standard InChI is InChI=1S/C23H26N6O3S/c1-14(2)25-21(30)16-6-4-5-7-17(16)26-22(31)28-23-27-18-9-11-29(13-19(18)33-23)20-12-15(32-3)8-10-24-20/h4-8,10,12,14H,9,11,13H2,1-3H3,(H,25,30)(H2,26,27,28,31). The van der Waals surface area contributed by atoms with Crippen molar-refractivity contribution >= 4 is 39.9 Å². The zero-order valence-electron chi connectivity index (χ0n) is 18.7. The molecule has 0 bridgehead atoms. The zero-order valence-corrected chi connectivity index (χ0v) is 19.5. The van der Waals surface area contributed by atoms with Crippen molar-refractivity contribution in [1.29, 1.82) is 0 Å². The molecule has 1 aliphatic heterocycles. The molecule has 0 aliphatic carbocycles. The number of ether oxygens (including phenoxy) is 1. The number of hydrogen-bond acceptors (Lipinski definition) is 7. The second-order valence-corrected chi connectivity index (χ2v) is 8.95. The highest BCUT2D eigenvalue weighted by Gasteiger charge is 2.23. The lowest BCUT2D eigenvalue weighted by atomic mass is 10.1. The fraction of sp³-hybridized carbons (Fsp3) is 0.304. The van der Waals surface area contributed by atoms with E-state index in [0.717, 1.165) is 35.1 Å². The van der Waals surface area contributed by atoms with Gasteiger partial charge >= 0.3 is 6.03 Å². The van der Waals surface area contributed by atoms with E-state index in [2.05, 4.69) is 30.8 Å². The summed E-state index contributed by atoms with van der Waals surface area (Å²) in [7, 11) is 1.63. The van der Waals surface area contributed by atoms with E-state index in [4.69, 9.17) is 4.74 Å². The Morgan fingerprint density at radius 2 is 2.00 bits per heavy atom. The summed E-state index contributed by atoms with van der Waals surface area (Å²) in [6.45, 7) is 5.21. The van der Waals surface area contributed by atoms with E-state index in [-0.39, 0.29) is 11.9 Å². The van der Waals surface area contributed by atoms with Crippen molar-refractivity contribution in [3.63, 3.8) is 0 Å². The van der Waals surface area contributed by atoms with Gasteiger partial charge in [-0.2, -0.15) is 0 Å². The van der Waals surface area contributed by atoms with Crippen molar-refractivity contribution in [3.05, 3.63) is 58.7 Å². The summed E-state index contributed by atoms with van der Waals surface area (Å²) in [6, 6.07) is 10.2. The van der Waals surface area contributed by atoms with Gasteiger partial charge in [-0.3, -0.25) is 10.1 Å². The number of carbonyl (C=O) groups is 2. The Morgan fingerprint density at radius 3 is 2.79 bits per heavy atom. The Hall–Kier alpha value is -3.66. The van der Waals surface area contributed by atoms with Crippen LogP contribution in [0.1, 0.15) is 34.8 Å². The van der Waals surface area contributed by atoms with Gasteiger partial charge in [0.05, 0.1) is 30.6 Å². The summed E-state index contributed by atoms with van der Waals surface area (Å²) in [5, 5.41) is 8.92. The number of nitrogens with zero attached hydrogens (tertiary/aromatic N) is 3. The molecule has 0 radical (unpaired) electrons. The number of hydrogen-bond donors (Lipinski definition) is 3. The average Bonchev–Trinajstić information content (AvgIpc) is 3.20. The fourth-order valence-corrected chi connectivity index (χ4v) is 4.54. The third kappa shape index (κ3) is 5.40. The van der Waals surface area contributed by atoms with Crippen molar-refractivity contribution in [1.82, 2.24) is 15.3 Å². The molecule has 0 atom stereocenters. The van der Waals surface area contributed by atoms with Gasteiger partial charge in [-0.05, 0) is 32.0 Å². The molecule has 0 saturated heterocycles. The van der Waals surface area contributed by atoms with Crippen LogP contribution in [0.3, 0.4) is 0 Å². The molecule has 4 rings (SSSR count). The van der Waals surface area contributed by atoms with Crippen LogP contribution in [-0.2, 0) is 13.0 Å². The number of fused-ring (bicyclic) bond motifs is 1. The first-order chi connectivity index (χ1) is 15.9. The van der Waals surface area contributed by atoms with Gasteiger partial charge in [-0.25, -0.2) is 14.8 Å². The molecule has 172 valence electrons. The van der Waals surface area contributed by atoms with Crippen LogP contribution >= 0.6 is 11.3 Å². The zero-order chi connectivity index (χ0) is 23.4. The predicted molar refractivity (Wildman–Crippen MR) is 129 cm³/mol. The molecule has 2 aromatic heterocycles. The smallest absolute Gasteiger partial charge is 0.325 e. The molecular formula is C23H26N6O3S. The van der Waals surface area contributed by atoms with E-state index in [1.807, 2.05) is 26.0 Å². The minimum Gasteiger partial charge on any atom is -0.497 e. The summed E-state index contributed by atoms with van der Waals surface area (Å²) in [5.41, 5.74) is 1.82. The lowest BCUT2D eigenvalue weighted by Gasteiger charge is -2.27. The van der Waals surface area contributed by atoms with E-state index < -0.39 is 6.03 Å². The minimum absolute atomic E-state index is 0.00670. The highest BCUT2D eigenvalue weighted by molar-refractivity contribution is 7.15. The number of carbonyl (C=O) groups excluding carboxylic acids is 2. The van der Waals surface area contributed by atoms with Crippen LogP contribution in [0.5, 0.6) is 5.75 Å². The quantitative estimate of drug-likeness (QED) is 0.509. The summed E-state index contributed by atoms with van der Waals surface area (Å²) in [4.78, 5) is 37.3. The van der Waals surface area contributed by atoms with Crippen LogP contribution < -0.4 is 25.6 Å². The number of rotatable bonds is 6. The Bertz CT molecular complexity index is 1160. The van der Waals surface area contributed by atoms with Gasteiger partial charge in [0.2, 0.25) is 0 Å². The number of pyridine rings is 1. The topological polar surface area (TPSA) is 108 Å². The first kappa shape index (κ1) is 22.5. The molecule has 3 heterocycles. The lowest BCUT2D eigenvalue weighted by Crippen LogP contribution is -2.31. The number of methoxy groups -OCH3 is 1. The molecule has 1 aliphatic rings. The maximum absolute atomic E-state index is 12.6. The first-order valence-electron chi connectivity index (χ1n) is 10.6. The SMILES string of the molecule is COc1ccnc(N2CCc3nc(NC(=O)Nc4ccccc4C(=O)NC(C)C)sc3C2)c1. The third-order valence-electron chi connectivity index (χ3n) is 5.07. The molecule has 0 unspecified atom stereocenters. The monoisotopic (exact) mass is 466 g/mol. The normalized spacial score (nSPS) is 12.8. The van der Waals surface area contributed by atoms with Crippen molar-refractivity contribution in [2.75, 3.05) is 29.2 Å². The molecular weight excluding hydrogens is 440 g/mol. The van der Waals surface area contributed by atoms with Gasteiger partial charge < -0.3 is 20.3 Å². The van der Waals surface area contributed by atoms with E-state index in [1.165, 1.54) is 11.3 Å². The van der Waals surface area contributed by atoms with E-state index in [1.54, 1.807) is 37.6 Å². The second kappa shape index (κ2) is 9.86. The van der Waals surface area contributed by atoms with E-state index in [9.17, 15) is 9.59 Å². The molecule has 3 N–H and O–H groups in total. The Kier molecular flexibility index (Phi) is 6.74. The van der Waals surface area contributed by atoms with Crippen LogP contribution in [-0.4, -0.2) is 41.6 Å².